The van der Waals surface area contributed by atoms with Gasteiger partial charge in [-0.05, 0) is 44.9 Å². The minimum absolute atomic E-state index is 0.222. The van der Waals surface area contributed by atoms with Crippen molar-refractivity contribution >= 4 is 11.9 Å². The molecule has 0 aromatic heterocycles. The largest absolute Gasteiger partial charge is 0.355 e. The van der Waals surface area contributed by atoms with Crippen LogP contribution in [0, 0.1) is 5.41 Å². The van der Waals surface area contributed by atoms with Crippen LogP contribution in [0.1, 0.15) is 50.7 Å². The molecule has 1 saturated carbocycles. The summed E-state index contributed by atoms with van der Waals surface area (Å²) >= 11 is 0. The van der Waals surface area contributed by atoms with E-state index >= 15 is 0 Å². The molecule has 0 unspecified atom stereocenters. The first-order chi connectivity index (χ1) is 13.8. The standard InChI is InChI=1S/C23H39N5O/c1-18(2)28(6)16-20-12-8-7-11-19(20)15-25-22(24-3)26-17-23(13-9-10-14-23)21(29)27(4)5/h7-8,11-12,18H,9-10,13-17H2,1-6H3,(H2,24,25,26). The number of hydrogen-bond donors (Lipinski definition) is 2. The molecule has 1 aromatic carbocycles. The van der Waals surface area contributed by atoms with E-state index < -0.39 is 0 Å². The molecule has 2 N–H and O–H groups in total. The van der Waals surface area contributed by atoms with Gasteiger partial charge in [0, 0.05) is 46.8 Å². The monoisotopic (exact) mass is 401 g/mol. The molecule has 0 radical (unpaired) electrons. The Labute approximate surface area is 176 Å². The van der Waals surface area contributed by atoms with Crippen LogP contribution in [0.4, 0.5) is 0 Å². The predicted octanol–water partition coefficient (Wildman–Crippen LogP) is 2.84. The van der Waals surface area contributed by atoms with Crippen molar-refractivity contribution < 1.29 is 4.79 Å². The summed E-state index contributed by atoms with van der Waals surface area (Å²) in [7, 11) is 7.63. The minimum atomic E-state index is -0.307. The summed E-state index contributed by atoms with van der Waals surface area (Å²) in [6, 6.07) is 9.03. The Balaban J connectivity index is 1.99. The maximum atomic E-state index is 12.8. The van der Waals surface area contributed by atoms with Crippen LogP contribution in [0.5, 0.6) is 0 Å². The van der Waals surface area contributed by atoms with Crippen molar-refractivity contribution in [1.29, 1.82) is 0 Å². The molecular weight excluding hydrogens is 362 g/mol. The number of carbonyl (C=O) groups excluding carboxylic acids is 1. The Kier molecular flexibility index (Phi) is 8.50. The maximum absolute atomic E-state index is 12.8. The SMILES string of the molecule is CN=C(NCc1ccccc1CN(C)C(C)C)NCC1(C(=O)N(C)C)CCCC1. The summed E-state index contributed by atoms with van der Waals surface area (Å²) < 4.78 is 0. The van der Waals surface area contributed by atoms with Gasteiger partial charge in [-0.2, -0.15) is 0 Å². The lowest BCUT2D eigenvalue weighted by Gasteiger charge is -2.31. The minimum Gasteiger partial charge on any atom is -0.355 e. The summed E-state index contributed by atoms with van der Waals surface area (Å²) in [6.07, 6.45) is 4.12. The van der Waals surface area contributed by atoms with Crippen LogP contribution in [0.15, 0.2) is 29.3 Å². The fourth-order valence-corrected chi connectivity index (χ4v) is 3.98. The van der Waals surface area contributed by atoms with E-state index in [0.717, 1.165) is 38.2 Å². The second-order valence-corrected chi connectivity index (χ2v) is 8.74. The summed E-state index contributed by atoms with van der Waals surface area (Å²) in [6.45, 7) is 6.67. The number of hydrogen-bond acceptors (Lipinski definition) is 3. The lowest BCUT2D eigenvalue weighted by molar-refractivity contribution is -0.138. The number of nitrogens with one attached hydrogen (secondary N) is 2. The van der Waals surface area contributed by atoms with Gasteiger partial charge in [-0.25, -0.2) is 0 Å². The molecule has 0 aliphatic heterocycles. The van der Waals surface area contributed by atoms with Gasteiger partial charge < -0.3 is 15.5 Å². The average Bonchev–Trinajstić information content (AvgIpc) is 3.18. The molecule has 0 heterocycles. The fourth-order valence-electron chi connectivity index (χ4n) is 3.98. The van der Waals surface area contributed by atoms with Gasteiger partial charge in [0.25, 0.3) is 0 Å². The molecule has 2 rings (SSSR count). The maximum Gasteiger partial charge on any atom is 0.230 e. The molecule has 0 spiro atoms. The molecule has 0 atom stereocenters. The molecule has 1 aromatic rings. The first-order valence-corrected chi connectivity index (χ1v) is 10.7. The van der Waals surface area contributed by atoms with Crippen LogP contribution >= 0.6 is 0 Å². The van der Waals surface area contributed by atoms with Crippen LogP contribution in [0.2, 0.25) is 0 Å². The second kappa shape index (κ2) is 10.6. The van der Waals surface area contributed by atoms with Crippen molar-refractivity contribution in [2.75, 3.05) is 34.7 Å². The van der Waals surface area contributed by atoms with Crippen LogP contribution < -0.4 is 10.6 Å². The molecule has 1 fully saturated rings. The van der Waals surface area contributed by atoms with Gasteiger partial charge in [-0.15, -0.1) is 0 Å². The third kappa shape index (κ3) is 6.20. The van der Waals surface area contributed by atoms with E-state index in [1.807, 2.05) is 14.1 Å². The Morgan fingerprint density at radius 2 is 1.72 bits per heavy atom. The van der Waals surface area contributed by atoms with Gasteiger partial charge in [0.15, 0.2) is 5.96 Å². The number of rotatable bonds is 8. The molecule has 1 amide bonds. The zero-order chi connectivity index (χ0) is 21.4. The van der Waals surface area contributed by atoms with E-state index in [2.05, 4.69) is 65.7 Å². The Hall–Kier alpha value is -2.08. The third-order valence-electron chi connectivity index (χ3n) is 6.10. The Morgan fingerprint density at radius 3 is 2.28 bits per heavy atom. The lowest BCUT2D eigenvalue weighted by Crippen LogP contribution is -2.49. The van der Waals surface area contributed by atoms with Crippen molar-refractivity contribution in [1.82, 2.24) is 20.4 Å². The van der Waals surface area contributed by atoms with E-state index in [4.69, 9.17) is 0 Å². The van der Waals surface area contributed by atoms with E-state index in [9.17, 15) is 4.79 Å². The van der Waals surface area contributed by atoms with Crippen LogP contribution in [-0.4, -0.2) is 62.4 Å². The van der Waals surface area contributed by atoms with Crippen molar-refractivity contribution in [2.24, 2.45) is 10.4 Å². The van der Waals surface area contributed by atoms with Crippen molar-refractivity contribution in [2.45, 2.75) is 58.7 Å². The quantitative estimate of drug-likeness (QED) is 0.519. The van der Waals surface area contributed by atoms with Gasteiger partial charge in [-0.1, -0.05) is 37.1 Å². The molecule has 162 valence electrons. The highest BCUT2D eigenvalue weighted by Gasteiger charge is 2.42. The van der Waals surface area contributed by atoms with Gasteiger partial charge in [-0.3, -0.25) is 14.7 Å². The van der Waals surface area contributed by atoms with Crippen molar-refractivity contribution in [3.63, 3.8) is 0 Å². The van der Waals surface area contributed by atoms with E-state index in [0.29, 0.717) is 19.1 Å². The van der Waals surface area contributed by atoms with Gasteiger partial charge in [0.1, 0.15) is 0 Å². The molecule has 0 bridgehead atoms. The summed E-state index contributed by atoms with van der Waals surface area (Å²) in [5.74, 6) is 0.967. The fraction of sp³-hybridized carbons (Fsp3) is 0.652. The summed E-state index contributed by atoms with van der Waals surface area (Å²) in [5, 5.41) is 6.85. The zero-order valence-electron chi connectivity index (χ0n) is 19.1. The van der Waals surface area contributed by atoms with Gasteiger partial charge >= 0.3 is 0 Å². The number of amides is 1. The van der Waals surface area contributed by atoms with Crippen LogP contribution in [0.3, 0.4) is 0 Å². The number of nitrogens with zero attached hydrogens (tertiary/aromatic N) is 3. The normalized spacial score (nSPS) is 16.3. The van der Waals surface area contributed by atoms with Gasteiger partial charge in [0.2, 0.25) is 5.91 Å². The molecular formula is C23H39N5O. The highest BCUT2D eigenvalue weighted by molar-refractivity contribution is 5.85. The van der Waals surface area contributed by atoms with E-state index in [1.54, 1.807) is 11.9 Å². The van der Waals surface area contributed by atoms with E-state index in [1.165, 1.54) is 11.1 Å². The lowest BCUT2D eigenvalue weighted by atomic mass is 9.84. The molecule has 1 aliphatic carbocycles. The first kappa shape index (κ1) is 23.2. The third-order valence-corrected chi connectivity index (χ3v) is 6.10. The van der Waals surface area contributed by atoms with Crippen molar-refractivity contribution in [3.05, 3.63) is 35.4 Å². The Bertz CT molecular complexity index is 692. The highest BCUT2D eigenvalue weighted by atomic mass is 16.2. The smallest absolute Gasteiger partial charge is 0.230 e. The molecule has 29 heavy (non-hydrogen) atoms. The van der Waals surface area contributed by atoms with Crippen LogP contribution in [-0.2, 0) is 17.9 Å². The predicted molar refractivity (Wildman–Crippen MR) is 121 cm³/mol. The zero-order valence-corrected chi connectivity index (χ0v) is 19.1. The van der Waals surface area contributed by atoms with Crippen molar-refractivity contribution in [3.8, 4) is 0 Å². The molecule has 6 nitrogen and oxygen atoms in total. The highest BCUT2D eigenvalue weighted by Crippen LogP contribution is 2.38. The summed E-state index contributed by atoms with van der Waals surface area (Å²) in [4.78, 5) is 21.2. The van der Waals surface area contributed by atoms with E-state index in [-0.39, 0.29) is 11.3 Å². The first-order valence-electron chi connectivity index (χ1n) is 10.7. The average molecular weight is 402 g/mol. The summed E-state index contributed by atoms with van der Waals surface area (Å²) in [5.41, 5.74) is 2.28. The number of carbonyl (C=O) groups is 1. The number of aliphatic imine (C=N–C) groups is 1. The molecule has 1 aliphatic rings. The number of benzene rings is 1. The van der Waals surface area contributed by atoms with Gasteiger partial charge in [0.05, 0.1) is 5.41 Å². The molecule has 0 saturated heterocycles. The second-order valence-electron chi connectivity index (χ2n) is 8.74. The number of guanidine groups is 1. The molecule has 6 heteroatoms. The van der Waals surface area contributed by atoms with Crippen LogP contribution in [0.25, 0.3) is 0 Å². The topological polar surface area (TPSA) is 60.0 Å². The Morgan fingerprint density at radius 1 is 1.10 bits per heavy atom.